The quantitative estimate of drug-likeness (QED) is 0.547. The number of hydrogen-bond donors (Lipinski definition) is 1. The van der Waals surface area contributed by atoms with Crippen LogP contribution < -0.4 is 5.32 Å². The van der Waals surface area contributed by atoms with Gasteiger partial charge in [0.25, 0.3) is 5.95 Å². The Kier molecular flexibility index (Phi) is 2.07. The van der Waals surface area contributed by atoms with E-state index in [0.29, 0.717) is 5.95 Å². The van der Waals surface area contributed by atoms with Crippen molar-refractivity contribution in [1.82, 2.24) is 20.2 Å². The van der Waals surface area contributed by atoms with Crippen molar-refractivity contribution in [2.75, 3.05) is 5.32 Å². The molecule has 0 amide bonds. The van der Waals surface area contributed by atoms with Gasteiger partial charge in [0.1, 0.15) is 0 Å². The molecule has 1 aromatic heterocycles. The first-order chi connectivity index (χ1) is 6.92. The second kappa shape index (κ2) is 3.53. The highest BCUT2D eigenvalue weighted by molar-refractivity contribution is 5.40. The number of benzene rings is 1. The molecule has 0 spiro atoms. The van der Waals surface area contributed by atoms with Gasteiger partial charge in [-0.2, -0.15) is 9.94 Å². The summed E-state index contributed by atoms with van der Waals surface area (Å²) in [4.78, 5) is 0. The van der Waals surface area contributed by atoms with Crippen LogP contribution in [0.1, 0.15) is 0 Å². The molecule has 1 N–H and O–H groups in total. The molecule has 0 aliphatic carbocycles. The Labute approximate surface area is 79.8 Å². The number of rotatable bonds is 2. The molecule has 1 heterocycles. The Morgan fingerprint density at radius 1 is 1.29 bits per heavy atom. The molecule has 0 bridgehead atoms. The predicted octanol–water partition coefficient (Wildman–Crippen LogP) is 0.555. The van der Waals surface area contributed by atoms with Crippen molar-refractivity contribution in [2.24, 2.45) is 0 Å². The van der Waals surface area contributed by atoms with E-state index in [-0.39, 0.29) is 0 Å². The molecule has 2 rings (SSSR count). The van der Waals surface area contributed by atoms with Gasteiger partial charge in [-0.05, 0) is 22.6 Å². The van der Waals surface area contributed by atoms with E-state index >= 15 is 0 Å². The molecular formula is C8H6N6. The standard InChI is InChI=1S/C8H6N6/c9-6-10-8-11-12-13-14(8)7-4-2-1-3-5-7/h1-5H,(H,10,11,13). The molecule has 6 nitrogen and oxygen atoms in total. The molecule has 0 aliphatic rings. The number of hydrogen-bond acceptors (Lipinski definition) is 5. The molecule has 0 saturated carbocycles. The number of nitrogens with zero attached hydrogens (tertiary/aromatic N) is 5. The van der Waals surface area contributed by atoms with Gasteiger partial charge >= 0.3 is 0 Å². The second-order valence-corrected chi connectivity index (χ2v) is 2.49. The molecule has 0 unspecified atom stereocenters. The average Bonchev–Trinajstić information content (AvgIpc) is 2.68. The zero-order valence-electron chi connectivity index (χ0n) is 7.12. The summed E-state index contributed by atoms with van der Waals surface area (Å²) in [5.74, 6) is 0.304. The molecule has 1 aromatic carbocycles. The molecule has 0 saturated heterocycles. The van der Waals surface area contributed by atoms with Gasteiger partial charge in [0.15, 0.2) is 6.19 Å². The van der Waals surface area contributed by atoms with Crippen LogP contribution in [0.2, 0.25) is 0 Å². The summed E-state index contributed by atoms with van der Waals surface area (Å²) in [5, 5.41) is 21.7. The lowest BCUT2D eigenvalue weighted by Crippen LogP contribution is -2.02. The first-order valence-corrected chi connectivity index (χ1v) is 3.91. The lowest BCUT2D eigenvalue weighted by atomic mass is 10.3. The van der Waals surface area contributed by atoms with Crippen molar-refractivity contribution in [3.05, 3.63) is 30.3 Å². The summed E-state index contributed by atoms with van der Waals surface area (Å²) >= 11 is 0. The Morgan fingerprint density at radius 2 is 2.07 bits per heavy atom. The first-order valence-electron chi connectivity index (χ1n) is 3.91. The molecule has 14 heavy (non-hydrogen) atoms. The van der Waals surface area contributed by atoms with Crippen molar-refractivity contribution >= 4 is 5.95 Å². The molecule has 6 heteroatoms. The minimum absolute atomic E-state index is 0.304. The van der Waals surface area contributed by atoms with Crippen LogP contribution >= 0.6 is 0 Å². The van der Waals surface area contributed by atoms with Crippen LogP contribution in [0.25, 0.3) is 5.69 Å². The van der Waals surface area contributed by atoms with Crippen molar-refractivity contribution in [3.63, 3.8) is 0 Å². The number of tetrazole rings is 1. The van der Waals surface area contributed by atoms with Crippen LogP contribution in [0.15, 0.2) is 30.3 Å². The van der Waals surface area contributed by atoms with E-state index in [1.54, 1.807) is 6.19 Å². The highest BCUT2D eigenvalue weighted by Gasteiger charge is 2.05. The SMILES string of the molecule is N#CNc1nnnn1-c1ccccc1. The van der Waals surface area contributed by atoms with Gasteiger partial charge in [-0.25, -0.2) is 0 Å². The van der Waals surface area contributed by atoms with Crippen molar-refractivity contribution in [3.8, 4) is 11.9 Å². The van der Waals surface area contributed by atoms with E-state index in [9.17, 15) is 0 Å². The summed E-state index contributed by atoms with van der Waals surface area (Å²) < 4.78 is 1.45. The normalized spacial score (nSPS) is 9.36. The Balaban J connectivity index is 2.43. The van der Waals surface area contributed by atoms with Crippen molar-refractivity contribution in [2.45, 2.75) is 0 Å². The third kappa shape index (κ3) is 1.38. The average molecular weight is 186 g/mol. The lowest BCUT2D eigenvalue weighted by molar-refractivity contribution is 0.791. The molecule has 0 aliphatic heterocycles. The van der Waals surface area contributed by atoms with Gasteiger partial charge in [0.05, 0.1) is 5.69 Å². The number of aromatic nitrogens is 4. The van der Waals surface area contributed by atoms with Crippen molar-refractivity contribution < 1.29 is 0 Å². The van der Waals surface area contributed by atoms with E-state index in [1.807, 2.05) is 30.3 Å². The first kappa shape index (κ1) is 8.19. The number of anilines is 1. The van der Waals surface area contributed by atoms with E-state index < -0.39 is 0 Å². The fourth-order valence-electron chi connectivity index (χ4n) is 1.06. The Morgan fingerprint density at radius 3 is 2.79 bits per heavy atom. The van der Waals surface area contributed by atoms with Crippen LogP contribution in [0.4, 0.5) is 5.95 Å². The molecule has 0 radical (unpaired) electrons. The highest BCUT2D eigenvalue weighted by atomic mass is 15.6. The molecular weight excluding hydrogens is 180 g/mol. The summed E-state index contributed by atoms with van der Waals surface area (Å²) in [5.41, 5.74) is 0.801. The number of para-hydroxylation sites is 1. The van der Waals surface area contributed by atoms with E-state index in [0.717, 1.165) is 5.69 Å². The van der Waals surface area contributed by atoms with Gasteiger partial charge in [-0.1, -0.05) is 23.3 Å². The van der Waals surface area contributed by atoms with Crippen LogP contribution in [0.3, 0.4) is 0 Å². The fraction of sp³-hybridized carbons (Fsp3) is 0. The van der Waals surface area contributed by atoms with Crippen LogP contribution in [-0.2, 0) is 0 Å². The topological polar surface area (TPSA) is 79.4 Å². The molecule has 68 valence electrons. The predicted molar refractivity (Wildman–Crippen MR) is 48.4 cm³/mol. The van der Waals surface area contributed by atoms with Gasteiger partial charge in [0.2, 0.25) is 0 Å². The van der Waals surface area contributed by atoms with E-state index in [2.05, 4.69) is 20.8 Å². The third-order valence-electron chi connectivity index (χ3n) is 1.64. The maximum absolute atomic E-state index is 8.44. The zero-order valence-corrected chi connectivity index (χ0v) is 7.12. The second-order valence-electron chi connectivity index (χ2n) is 2.49. The van der Waals surface area contributed by atoms with Gasteiger partial charge < -0.3 is 0 Å². The maximum Gasteiger partial charge on any atom is 0.260 e. The fourth-order valence-corrected chi connectivity index (χ4v) is 1.06. The number of nitrogens with one attached hydrogen (secondary N) is 1. The highest BCUT2D eigenvalue weighted by Crippen LogP contribution is 2.09. The molecule has 0 fully saturated rings. The van der Waals surface area contributed by atoms with Gasteiger partial charge in [0, 0.05) is 0 Å². The summed E-state index contributed by atoms with van der Waals surface area (Å²) in [7, 11) is 0. The monoisotopic (exact) mass is 186 g/mol. The maximum atomic E-state index is 8.44. The Bertz CT molecular complexity index is 454. The van der Waals surface area contributed by atoms with Gasteiger partial charge in [-0.3, -0.25) is 5.32 Å². The molecule has 0 atom stereocenters. The Hall–Kier alpha value is -2.42. The van der Waals surface area contributed by atoms with Crippen LogP contribution in [0.5, 0.6) is 0 Å². The van der Waals surface area contributed by atoms with E-state index in [1.165, 1.54) is 4.68 Å². The minimum Gasteiger partial charge on any atom is -0.259 e. The number of nitriles is 1. The largest absolute Gasteiger partial charge is 0.260 e. The van der Waals surface area contributed by atoms with Crippen LogP contribution in [0, 0.1) is 11.5 Å². The zero-order chi connectivity index (χ0) is 9.80. The minimum atomic E-state index is 0.304. The third-order valence-corrected chi connectivity index (χ3v) is 1.64. The van der Waals surface area contributed by atoms with Crippen molar-refractivity contribution in [1.29, 1.82) is 5.26 Å². The van der Waals surface area contributed by atoms with E-state index in [4.69, 9.17) is 5.26 Å². The van der Waals surface area contributed by atoms with Crippen LogP contribution in [-0.4, -0.2) is 20.2 Å². The summed E-state index contributed by atoms with van der Waals surface area (Å²) in [6.45, 7) is 0. The summed E-state index contributed by atoms with van der Waals surface area (Å²) in [6, 6.07) is 9.32. The molecule has 2 aromatic rings. The van der Waals surface area contributed by atoms with Gasteiger partial charge in [-0.15, -0.1) is 0 Å². The lowest BCUT2D eigenvalue weighted by Gasteiger charge is -2.00. The smallest absolute Gasteiger partial charge is 0.259 e. The summed E-state index contributed by atoms with van der Waals surface area (Å²) in [6.07, 6.45) is 1.77.